The van der Waals surface area contributed by atoms with E-state index in [1.165, 1.54) is 24.5 Å². The van der Waals surface area contributed by atoms with Crippen molar-refractivity contribution in [3.63, 3.8) is 0 Å². The Balaban J connectivity index is 0.000000380. The molecule has 0 spiro atoms. The predicted octanol–water partition coefficient (Wildman–Crippen LogP) is 4.32. The summed E-state index contributed by atoms with van der Waals surface area (Å²) in [5, 5.41) is 10.6. The van der Waals surface area contributed by atoms with Crippen molar-refractivity contribution in [1.82, 2.24) is 20.4 Å². The molecule has 0 bridgehead atoms. The molecule has 1 aromatic carbocycles. The maximum Gasteiger partial charge on any atom is 0.239 e. The third-order valence-electron chi connectivity index (χ3n) is 4.85. The largest absolute Gasteiger partial charge is 0.356 e. The van der Waals surface area contributed by atoms with Gasteiger partial charge in [0.2, 0.25) is 5.91 Å². The lowest BCUT2D eigenvalue weighted by atomic mass is 9.95. The van der Waals surface area contributed by atoms with Gasteiger partial charge in [0, 0.05) is 44.2 Å². The molecule has 0 unspecified atom stereocenters. The van der Waals surface area contributed by atoms with Crippen molar-refractivity contribution in [2.45, 2.75) is 47.0 Å². The van der Waals surface area contributed by atoms with E-state index in [2.05, 4.69) is 20.3 Å². The van der Waals surface area contributed by atoms with Crippen LogP contribution in [0.4, 0.5) is 14.6 Å². The first-order valence-corrected chi connectivity index (χ1v) is 11.5. The monoisotopic (exact) mass is 460 g/mol. The molecule has 9 heteroatoms. The summed E-state index contributed by atoms with van der Waals surface area (Å²) in [5.74, 6) is -0.00146. The molecule has 1 amide bonds. The minimum Gasteiger partial charge on any atom is -0.356 e. The quantitative estimate of drug-likeness (QED) is 0.719. The summed E-state index contributed by atoms with van der Waals surface area (Å²) in [6.45, 7) is 11.3. The van der Waals surface area contributed by atoms with Crippen LogP contribution >= 0.6 is 0 Å². The van der Waals surface area contributed by atoms with Crippen LogP contribution in [0.25, 0.3) is 0 Å². The van der Waals surface area contributed by atoms with Gasteiger partial charge in [0.15, 0.2) is 0 Å². The van der Waals surface area contributed by atoms with Crippen LogP contribution in [0.15, 0.2) is 36.7 Å². The Labute approximate surface area is 195 Å². The molecule has 33 heavy (non-hydrogen) atoms. The lowest BCUT2D eigenvalue weighted by Crippen LogP contribution is -2.45. The van der Waals surface area contributed by atoms with Crippen LogP contribution < -0.4 is 10.3 Å². The second-order valence-corrected chi connectivity index (χ2v) is 6.83. The number of piperidine rings is 1. The highest BCUT2D eigenvalue weighted by atomic mass is 19.1. The Morgan fingerprint density at radius 2 is 1.70 bits per heavy atom. The molecular weight excluding hydrogens is 426 g/mol. The van der Waals surface area contributed by atoms with Crippen LogP contribution in [0.1, 0.15) is 52.7 Å². The first-order valence-electron chi connectivity index (χ1n) is 11.5. The zero-order chi connectivity index (χ0) is 24.6. The molecular formula is C24H34F2N6O. The fraction of sp³-hybridized carbons (Fsp3) is 0.500. The van der Waals surface area contributed by atoms with Crippen molar-refractivity contribution in [2.75, 3.05) is 31.1 Å². The molecule has 2 saturated heterocycles. The highest BCUT2D eigenvalue weighted by Gasteiger charge is 2.30. The summed E-state index contributed by atoms with van der Waals surface area (Å²) in [5.41, 5.74) is 3.50. The van der Waals surface area contributed by atoms with Gasteiger partial charge in [-0.1, -0.05) is 33.8 Å². The van der Waals surface area contributed by atoms with Crippen LogP contribution in [0.5, 0.6) is 0 Å². The van der Waals surface area contributed by atoms with E-state index in [1.54, 1.807) is 11.1 Å². The third kappa shape index (κ3) is 9.10. The van der Waals surface area contributed by atoms with E-state index in [4.69, 9.17) is 5.26 Å². The number of hydrogen-bond acceptors (Lipinski definition) is 6. The topological polar surface area (TPSA) is 85.2 Å². The van der Waals surface area contributed by atoms with Gasteiger partial charge in [-0.25, -0.2) is 24.2 Å². The van der Waals surface area contributed by atoms with E-state index >= 15 is 0 Å². The zero-order valence-corrected chi connectivity index (χ0v) is 19.9. The number of nitrogens with one attached hydrogen (secondary N) is 1. The van der Waals surface area contributed by atoms with Crippen molar-refractivity contribution < 1.29 is 13.6 Å². The van der Waals surface area contributed by atoms with E-state index in [-0.39, 0.29) is 11.8 Å². The smallest absolute Gasteiger partial charge is 0.239 e. The minimum absolute atomic E-state index is 0.0872. The van der Waals surface area contributed by atoms with Crippen molar-refractivity contribution >= 4 is 11.7 Å². The molecule has 2 aliphatic heterocycles. The Morgan fingerprint density at radius 3 is 2.18 bits per heavy atom. The Hall–Kier alpha value is -3.12. The standard InChI is InChI=1S/C14H18N6O.C6H4F2.2C2H6/c15-9-12-8-13(17-10-16-12)19-6-2-11(3-7-19)14(21)20-5-1-4-18-20;7-5-2-1-3-6(8)4-5;2*1-2/h8,10-11,18H,1-7H2;1-4H;2*1-2H3. The van der Waals surface area contributed by atoms with Crippen molar-refractivity contribution in [3.8, 4) is 6.07 Å². The van der Waals surface area contributed by atoms with Crippen LogP contribution in [0.3, 0.4) is 0 Å². The molecule has 3 heterocycles. The molecule has 0 aliphatic carbocycles. The molecule has 1 N–H and O–H groups in total. The van der Waals surface area contributed by atoms with E-state index in [0.29, 0.717) is 5.69 Å². The van der Waals surface area contributed by atoms with Gasteiger partial charge in [-0.15, -0.1) is 0 Å². The molecule has 7 nitrogen and oxygen atoms in total. The van der Waals surface area contributed by atoms with E-state index < -0.39 is 11.6 Å². The Kier molecular flexibility index (Phi) is 13.2. The highest BCUT2D eigenvalue weighted by molar-refractivity contribution is 5.79. The molecule has 2 fully saturated rings. The maximum absolute atomic E-state index is 12.3. The van der Waals surface area contributed by atoms with Gasteiger partial charge in [0.25, 0.3) is 0 Å². The number of rotatable bonds is 2. The van der Waals surface area contributed by atoms with Crippen LogP contribution in [-0.2, 0) is 4.79 Å². The molecule has 0 saturated carbocycles. The minimum atomic E-state index is -0.537. The molecule has 4 rings (SSSR count). The number of carbonyl (C=O) groups is 1. The van der Waals surface area contributed by atoms with Gasteiger partial charge in [0.1, 0.15) is 35.5 Å². The molecule has 2 aliphatic rings. The molecule has 0 atom stereocenters. The summed E-state index contributed by atoms with van der Waals surface area (Å²) >= 11 is 0. The second kappa shape index (κ2) is 15.6. The summed E-state index contributed by atoms with van der Waals surface area (Å²) in [6.07, 6.45) is 4.09. The summed E-state index contributed by atoms with van der Waals surface area (Å²) < 4.78 is 23.9. The second-order valence-electron chi connectivity index (χ2n) is 6.83. The number of nitrogens with zero attached hydrogens (tertiary/aromatic N) is 5. The maximum atomic E-state index is 12.3. The summed E-state index contributed by atoms with van der Waals surface area (Å²) in [4.78, 5) is 22.5. The third-order valence-corrected chi connectivity index (χ3v) is 4.85. The first kappa shape index (κ1) is 27.9. The van der Waals surface area contributed by atoms with E-state index in [1.807, 2.05) is 33.8 Å². The van der Waals surface area contributed by atoms with Gasteiger partial charge < -0.3 is 4.90 Å². The molecule has 0 radical (unpaired) electrons. The number of aromatic nitrogens is 2. The SMILES string of the molecule is CC.CC.Fc1cccc(F)c1.N#Cc1cc(N2CCC(C(=O)N3CCCN3)CC2)ncn1. The Bertz CT molecular complexity index is 858. The van der Waals surface area contributed by atoms with Gasteiger partial charge in [-0.05, 0) is 31.4 Å². The fourth-order valence-electron chi connectivity index (χ4n) is 3.34. The molecule has 1 aromatic heterocycles. The number of hydrogen-bond donors (Lipinski definition) is 1. The number of anilines is 1. The van der Waals surface area contributed by atoms with Crippen molar-refractivity contribution in [3.05, 3.63) is 54.0 Å². The highest BCUT2D eigenvalue weighted by Crippen LogP contribution is 2.23. The number of amides is 1. The predicted molar refractivity (Wildman–Crippen MR) is 125 cm³/mol. The number of benzene rings is 1. The van der Waals surface area contributed by atoms with Crippen LogP contribution in [0, 0.1) is 28.9 Å². The average molecular weight is 461 g/mol. The van der Waals surface area contributed by atoms with Gasteiger partial charge in [0.05, 0.1) is 0 Å². The summed E-state index contributed by atoms with van der Waals surface area (Å²) in [6, 6.07) is 8.27. The van der Waals surface area contributed by atoms with Crippen LogP contribution in [0.2, 0.25) is 0 Å². The molecule has 180 valence electrons. The lowest BCUT2D eigenvalue weighted by Gasteiger charge is -2.33. The van der Waals surface area contributed by atoms with Gasteiger partial charge in [-0.2, -0.15) is 5.26 Å². The first-order chi connectivity index (χ1) is 16.1. The fourth-order valence-corrected chi connectivity index (χ4v) is 3.34. The molecule has 2 aromatic rings. The van der Waals surface area contributed by atoms with Gasteiger partial charge >= 0.3 is 0 Å². The van der Waals surface area contributed by atoms with Gasteiger partial charge in [-0.3, -0.25) is 9.80 Å². The number of nitriles is 1. The number of halogens is 2. The Morgan fingerprint density at radius 1 is 1.06 bits per heavy atom. The average Bonchev–Trinajstić information content (AvgIpc) is 3.42. The van der Waals surface area contributed by atoms with E-state index in [9.17, 15) is 13.6 Å². The van der Waals surface area contributed by atoms with Crippen molar-refractivity contribution in [1.29, 1.82) is 5.26 Å². The zero-order valence-electron chi connectivity index (χ0n) is 19.9. The lowest BCUT2D eigenvalue weighted by molar-refractivity contribution is -0.137. The summed E-state index contributed by atoms with van der Waals surface area (Å²) in [7, 11) is 0. The van der Waals surface area contributed by atoms with Crippen molar-refractivity contribution in [2.24, 2.45) is 5.92 Å². The normalized spacial score (nSPS) is 15.1. The van der Waals surface area contributed by atoms with E-state index in [0.717, 1.165) is 57.3 Å². The van der Waals surface area contributed by atoms with Crippen LogP contribution in [-0.4, -0.2) is 47.1 Å². The number of carbonyl (C=O) groups excluding carboxylic acids is 1. The number of hydrazine groups is 1.